The molecule has 14 heavy (non-hydrogen) atoms. The normalized spacial score (nSPS) is 10.4. The summed E-state index contributed by atoms with van der Waals surface area (Å²) in [7, 11) is 0. The fraction of sp³-hybridized carbons (Fsp3) is 0. The number of aldehydes is 1. The zero-order valence-corrected chi connectivity index (χ0v) is 7.01. The number of nitro groups is 1. The first kappa shape index (κ1) is 10.0. The topological polar surface area (TPSA) is 60.2 Å². The predicted octanol–water partition coefficient (Wildman–Crippen LogP) is 1.95. The number of hydrogen-bond acceptors (Lipinski definition) is 3. The van der Waals surface area contributed by atoms with Gasteiger partial charge in [0.2, 0.25) is 5.82 Å². The average Bonchev–Trinajstić information content (AvgIpc) is 2.14. The minimum atomic E-state index is -0.914. The van der Waals surface area contributed by atoms with Gasteiger partial charge in [0.1, 0.15) is 6.29 Å². The zero-order chi connectivity index (χ0) is 10.6. The van der Waals surface area contributed by atoms with Crippen LogP contribution in [0.2, 0.25) is 0 Å². The molecule has 0 N–H and O–H groups in total. The molecule has 0 unspecified atom stereocenters. The molecule has 0 atom stereocenters. The van der Waals surface area contributed by atoms with Crippen molar-refractivity contribution >= 4 is 18.0 Å². The molecule has 0 fully saturated rings. The first-order valence-corrected chi connectivity index (χ1v) is 3.71. The molecule has 72 valence electrons. The van der Waals surface area contributed by atoms with Gasteiger partial charge in [0.05, 0.1) is 4.92 Å². The van der Waals surface area contributed by atoms with E-state index in [-0.39, 0.29) is 0 Å². The Bertz CT molecular complexity index is 401. The third kappa shape index (κ3) is 2.22. The predicted molar refractivity (Wildman–Crippen MR) is 48.2 cm³/mol. The molecule has 1 rings (SSSR count). The summed E-state index contributed by atoms with van der Waals surface area (Å²) in [6.07, 6.45) is 3.08. The van der Waals surface area contributed by atoms with Crippen LogP contribution in [0.5, 0.6) is 0 Å². The van der Waals surface area contributed by atoms with Crippen molar-refractivity contribution in [1.82, 2.24) is 0 Å². The van der Waals surface area contributed by atoms with Gasteiger partial charge in [0.15, 0.2) is 0 Å². The minimum Gasteiger partial charge on any atom is -0.299 e. The Labute approximate surface area is 78.8 Å². The molecule has 0 amide bonds. The highest BCUT2D eigenvalue weighted by molar-refractivity contribution is 5.73. The Morgan fingerprint density at radius 1 is 1.43 bits per heavy atom. The second-order valence-corrected chi connectivity index (χ2v) is 2.46. The number of carbonyl (C=O) groups is 1. The lowest BCUT2D eigenvalue weighted by molar-refractivity contribution is -0.387. The molecule has 1 aromatic rings. The standard InChI is InChI=1S/C9H6FNO3/c10-8-6-7(2-1-5-12)3-4-9(8)11(13)14/h1-6H/b2-1+. The number of rotatable bonds is 3. The summed E-state index contributed by atoms with van der Waals surface area (Å²) in [5.74, 6) is -0.914. The molecule has 0 aliphatic carbocycles. The van der Waals surface area contributed by atoms with Crippen molar-refractivity contribution < 1.29 is 14.1 Å². The van der Waals surface area contributed by atoms with Crippen LogP contribution in [0.25, 0.3) is 6.08 Å². The molecule has 0 saturated carbocycles. The molecule has 0 heterocycles. The Morgan fingerprint density at radius 3 is 2.64 bits per heavy atom. The molecule has 4 nitrogen and oxygen atoms in total. The van der Waals surface area contributed by atoms with Crippen LogP contribution in [-0.2, 0) is 4.79 Å². The van der Waals surface area contributed by atoms with Crippen molar-refractivity contribution in [1.29, 1.82) is 0 Å². The molecule has 5 heteroatoms. The van der Waals surface area contributed by atoms with Gasteiger partial charge in [0.25, 0.3) is 0 Å². The van der Waals surface area contributed by atoms with Crippen LogP contribution in [0.1, 0.15) is 5.56 Å². The summed E-state index contributed by atoms with van der Waals surface area (Å²) in [5, 5.41) is 10.2. The maximum Gasteiger partial charge on any atom is 0.304 e. The summed E-state index contributed by atoms with van der Waals surface area (Å²) in [4.78, 5) is 19.4. The lowest BCUT2D eigenvalue weighted by atomic mass is 10.2. The summed E-state index contributed by atoms with van der Waals surface area (Å²) < 4.78 is 13.0. The van der Waals surface area contributed by atoms with E-state index in [9.17, 15) is 19.3 Å². The molecule has 0 radical (unpaired) electrons. The second-order valence-electron chi connectivity index (χ2n) is 2.46. The van der Waals surface area contributed by atoms with E-state index in [0.717, 1.165) is 12.1 Å². The highest BCUT2D eigenvalue weighted by Crippen LogP contribution is 2.18. The lowest BCUT2D eigenvalue weighted by Crippen LogP contribution is -1.92. The highest BCUT2D eigenvalue weighted by Gasteiger charge is 2.12. The Morgan fingerprint density at radius 2 is 2.14 bits per heavy atom. The van der Waals surface area contributed by atoms with Gasteiger partial charge in [-0.3, -0.25) is 14.9 Å². The minimum absolute atomic E-state index is 0.403. The van der Waals surface area contributed by atoms with Crippen molar-refractivity contribution in [3.05, 3.63) is 45.8 Å². The molecule has 0 spiro atoms. The quantitative estimate of drug-likeness (QED) is 0.320. The van der Waals surface area contributed by atoms with E-state index < -0.39 is 16.4 Å². The maximum atomic E-state index is 13.0. The molecule has 0 saturated heterocycles. The Balaban J connectivity index is 3.06. The van der Waals surface area contributed by atoms with Crippen LogP contribution in [0, 0.1) is 15.9 Å². The van der Waals surface area contributed by atoms with E-state index in [4.69, 9.17) is 0 Å². The summed E-state index contributed by atoms with van der Waals surface area (Å²) in [6, 6.07) is 3.42. The Hall–Kier alpha value is -2.04. The average molecular weight is 195 g/mol. The number of nitro benzene ring substituents is 1. The van der Waals surface area contributed by atoms with Crippen LogP contribution in [-0.4, -0.2) is 11.2 Å². The lowest BCUT2D eigenvalue weighted by Gasteiger charge is -1.95. The molecule has 0 aliphatic heterocycles. The number of nitrogens with zero attached hydrogens (tertiary/aromatic N) is 1. The number of halogens is 1. The van der Waals surface area contributed by atoms with Crippen molar-refractivity contribution in [3.63, 3.8) is 0 Å². The third-order valence-electron chi connectivity index (χ3n) is 1.54. The monoisotopic (exact) mass is 195 g/mol. The molecule has 1 aromatic carbocycles. The van der Waals surface area contributed by atoms with E-state index in [1.54, 1.807) is 0 Å². The number of allylic oxidation sites excluding steroid dienone is 1. The van der Waals surface area contributed by atoms with Gasteiger partial charge in [0, 0.05) is 6.07 Å². The van der Waals surface area contributed by atoms with Gasteiger partial charge in [-0.05, 0) is 23.8 Å². The highest BCUT2D eigenvalue weighted by atomic mass is 19.1. The van der Waals surface area contributed by atoms with Gasteiger partial charge >= 0.3 is 5.69 Å². The van der Waals surface area contributed by atoms with Crippen LogP contribution in [0.15, 0.2) is 24.3 Å². The van der Waals surface area contributed by atoms with Crippen molar-refractivity contribution in [2.45, 2.75) is 0 Å². The van der Waals surface area contributed by atoms with Crippen molar-refractivity contribution in [2.75, 3.05) is 0 Å². The van der Waals surface area contributed by atoms with E-state index in [0.29, 0.717) is 11.8 Å². The summed E-state index contributed by atoms with van der Waals surface area (Å²) >= 11 is 0. The summed E-state index contributed by atoms with van der Waals surface area (Å²) in [6.45, 7) is 0. The number of benzene rings is 1. The van der Waals surface area contributed by atoms with Crippen LogP contribution in [0.3, 0.4) is 0 Å². The van der Waals surface area contributed by atoms with Crippen LogP contribution >= 0.6 is 0 Å². The largest absolute Gasteiger partial charge is 0.304 e. The van der Waals surface area contributed by atoms with Gasteiger partial charge in [-0.2, -0.15) is 4.39 Å². The third-order valence-corrected chi connectivity index (χ3v) is 1.54. The molecular weight excluding hydrogens is 189 g/mol. The molecule has 0 bridgehead atoms. The van der Waals surface area contributed by atoms with Crippen molar-refractivity contribution in [3.8, 4) is 0 Å². The van der Waals surface area contributed by atoms with E-state index in [2.05, 4.69) is 0 Å². The molecule has 0 aromatic heterocycles. The van der Waals surface area contributed by atoms with Crippen LogP contribution < -0.4 is 0 Å². The van der Waals surface area contributed by atoms with E-state index in [1.807, 2.05) is 0 Å². The smallest absolute Gasteiger partial charge is 0.299 e. The number of hydrogen-bond donors (Lipinski definition) is 0. The maximum absolute atomic E-state index is 13.0. The fourth-order valence-corrected chi connectivity index (χ4v) is 0.925. The number of carbonyl (C=O) groups excluding carboxylic acids is 1. The van der Waals surface area contributed by atoms with Crippen LogP contribution in [0.4, 0.5) is 10.1 Å². The molecular formula is C9H6FNO3. The van der Waals surface area contributed by atoms with E-state index >= 15 is 0 Å². The second kappa shape index (κ2) is 4.27. The van der Waals surface area contributed by atoms with Gasteiger partial charge in [-0.1, -0.05) is 6.08 Å². The van der Waals surface area contributed by atoms with Crippen molar-refractivity contribution in [2.24, 2.45) is 0 Å². The summed E-state index contributed by atoms with van der Waals surface area (Å²) in [5.41, 5.74) is -0.173. The van der Waals surface area contributed by atoms with Gasteiger partial charge < -0.3 is 0 Å². The first-order valence-electron chi connectivity index (χ1n) is 3.71. The first-order chi connectivity index (χ1) is 6.65. The molecule has 0 aliphatic rings. The van der Waals surface area contributed by atoms with Gasteiger partial charge in [-0.15, -0.1) is 0 Å². The zero-order valence-electron chi connectivity index (χ0n) is 7.01. The SMILES string of the molecule is O=C/C=C/c1ccc([N+](=O)[O-])c(F)c1. The fourth-order valence-electron chi connectivity index (χ4n) is 0.925. The van der Waals surface area contributed by atoms with Gasteiger partial charge in [-0.25, -0.2) is 0 Å². The Kier molecular flexibility index (Phi) is 3.06. The van der Waals surface area contributed by atoms with E-state index in [1.165, 1.54) is 18.2 Å².